The number of hydrogen-bond acceptors (Lipinski definition) is 3. The number of piperidine rings is 1. The van der Waals surface area contributed by atoms with Gasteiger partial charge in [0.05, 0.1) is 5.92 Å². The van der Waals surface area contributed by atoms with Crippen LogP contribution in [0.1, 0.15) is 28.9 Å². The van der Waals surface area contributed by atoms with Crippen LogP contribution in [0.5, 0.6) is 0 Å². The zero-order valence-electron chi connectivity index (χ0n) is 10.7. The average molecular weight is 264 g/mol. The smallest absolute Gasteiger partial charge is 0.308 e. The number of pyridine rings is 1. The Bertz CT molecular complexity index is 564. The Kier molecular flexibility index (Phi) is 3.69. The van der Waals surface area contributed by atoms with Gasteiger partial charge in [-0.1, -0.05) is 0 Å². The summed E-state index contributed by atoms with van der Waals surface area (Å²) in [5.74, 6) is -1.83. The lowest BCUT2D eigenvalue weighted by molar-refractivity contribution is -0.143. The number of aryl methyl sites for hydroxylation is 1. The van der Waals surface area contributed by atoms with Crippen LogP contribution in [0.25, 0.3) is 0 Å². The van der Waals surface area contributed by atoms with E-state index in [2.05, 4.69) is 4.98 Å². The van der Waals surface area contributed by atoms with Crippen LogP contribution in [0.15, 0.2) is 17.1 Å². The topological polar surface area (TPSA) is 90.5 Å². The fourth-order valence-electron chi connectivity index (χ4n) is 2.27. The normalized spacial score (nSPS) is 19.2. The number of nitrogens with zero attached hydrogens (tertiary/aromatic N) is 1. The molecule has 2 N–H and O–H groups in total. The van der Waals surface area contributed by atoms with Crippen molar-refractivity contribution in [3.63, 3.8) is 0 Å². The highest BCUT2D eigenvalue weighted by atomic mass is 16.4. The summed E-state index contributed by atoms with van der Waals surface area (Å²) in [6.07, 6.45) is 2.61. The van der Waals surface area contributed by atoms with E-state index in [1.807, 2.05) is 0 Å². The third-order valence-electron chi connectivity index (χ3n) is 3.35. The summed E-state index contributed by atoms with van der Waals surface area (Å²) in [6.45, 7) is 2.40. The maximum Gasteiger partial charge on any atom is 0.308 e. The molecule has 1 atom stereocenters. The van der Waals surface area contributed by atoms with Gasteiger partial charge in [0.1, 0.15) is 5.56 Å². The monoisotopic (exact) mass is 264 g/mol. The second-order valence-electron chi connectivity index (χ2n) is 4.82. The molecule has 19 heavy (non-hydrogen) atoms. The average Bonchev–Trinajstić information content (AvgIpc) is 2.38. The highest BCUT2D eigenvalue weighted by Crippen LogP contribution is 2.17. The molecule has 0 saturated carbocycles. The lowest BCUT2D eigenvalue weighted by Gasteiger charge is -2.30. The minimum absolute atomic E-state index is 0.0663. The fraction of sp³-hybridized carbons (Fsp3) is 0.462. The van der Waals surface area contributed by atoms with Crippen molar-refractivity contribution in [2.24, 2.45) is 5.92 Å². The van der Waals surface area contributed by atoms with Crippen LogP contribution in [0.2, 0.25) is 0 Å². The Morgan fingerprint density at radius 1 is 1.47 bits per heavy atom. The van der Waals surface area contributed by atoms with E-state index >= 15 is 0 Å². The van der Waals surface area contributed by atoms with Crippen molar-refractivity contribution in [3.8, 4) is 0 Å². The van der Waals surface area contributed by atoms with Crippen molar-refractivity contribution in [1.29, 1.82) is 0 Å². The van der Waals surface area contributed by atoms with Crippen LogP contribution in [0, 0.1) is 12.8 Å². The molecular weight excluding hydrogens is 248 g/mol. The van der Waals surface area contributed by atoms with Gasteiger partial charge >= 0.3 is 5.97 Å². The maximum atomic E-state index is 12.2. The van der Waals surface area contributed by atoms with Crippen LogP contribution < -0.4 is 5.43 Å². The molecule has 6 nitrogen and oxygen atoms in total. The first kappa shape index (κ1) is 13.3. The SMILES string of the molecule is Cc1cc(=O)c(C(=O)N2CCC[C@@H](C(=O)O)C2)c[nH]1. The summed E-state index contributed by atoms with van der Waals surface area (Å²) >= 11 is 0. The number of carbonyl (C=O) groups excluding carboxylic acids is 1. The number of rotatable bonds is 2. The van der Waals surface area contributed by atoms with E-state index in [1.54, 1.807) is 6.92 Å². The number of likely N-dealkylation sites (tertiary alicyclic amines) is 1. The molecule has 0 aliphatic carbocycles. The summed E-state index contributed by atoms with van der Waals surface area (Å²) in [4.78, 5) is 39.2. The molecule has 0 unspecified atom stereocenters. The van der Waals surface area contributed by atoms with E-state index in [4.69, 9.17) is 5.11 Å². The van der Waals surface area contributed by atoms with Gasteiger partial charge in [0.25, 0.3) is 5.91 Å². The number of carboxylic acid groups (broad SMARTS) is 1. The standard InChI is InChI=1S/C13H16N2O4/c1-8-5-11(16)10(6-14-8)12(17)15-4-2-3-9(7-15)13(18)19/h5-6,9H,2-4,7H2,1H3,(H,14,16)(H,18,19)/t9-/m1/s1. The molecule has 0 bridgehead atoms. The highest BCUT2D eigenvalue weighted by Gasteiger charge is 2.29. The molecule has 6 heteroatoms. The molecular formula is C13H16N2O4. The van der Waals surface area contributed by atoms with E-state index in [1.165, 1.54) is 17.2 Å². The maximum absolute atomic E-state index is 12.2. The Hall–Kier alpha value is -2.11. The lowest BCUT2D eigenvalue weighted by Crippen LogP contribution is -2.43. The number of aromatic amines is 1. The molecule has 1 aromatic heterocycles. The number of nitrogens with one attached hydrogen (secondary N) is 1. The van der Waals surface area contributed by atoms with Crippen LogP contribution in [0.3, 0.4) is 0 Å². The lowest BCUT2D eigenvalue weighted by atomic mass is 9.98. The van der Waals surface area contributed by atoms with Crippen LogP contribution >= 0.6 is 0 Å². The fourth-order valence-corrected chi connectivity index (χ4v) is 2.27. The second-order valence-corrected chi connectivity index (χ2v) is 4.82. The predicted molar refractivity (Wildman–Crippen MR) is 68.1 cm³/mol. The summed E-state index contributed by atoms with van der Waals surface area (Å²) in [7, 11) is 0. The molecule has 0 spiro atoms. The number of carbonyl (C=O) groups is 2. The van der Waals surface area contributed by atoms with Gasteiger partial charge < -0.3 is 15.0 Å². The Balaban J connectivity index is 2.19. The van der Waals surface area contributed by atoms with Crippen molar-refractivity contribution in [1.82, 2.24) is 9.88 Å². The first-order valence-electron chi connectivity index (χ1n) is 6.20. The number of aromatic nitrogens is 1. The molecule has 1 fully saturated rings. The van der Waals surface area contributed by atoms with E-state index < -0.39 is 17.8 Å². The molecule has 2 rings (SSSR count). The van der Waals surface area contributed by atoms with Gasteiger partial charge in [0.2, 0.25) is 0 Å². The first-order valence-corrected chi connectivity index (χ1v) is 6.20. The first-order chi connectivity index (χ1) is 8.99. The van der Waals surface area contributed by atoms with E-state index in [0.29, 0.717) is 25.1 Å². The molecule has 1 aliphatic rings. The zero-order chi connectivity index (χ0) is 14.0. The van der Waals surface area contributed by atoms with Gasteiger partial charge in [-0.2, -0.15) is 0 Å². The van der Waals surface area contributed by atoms with E-state index in [0.717, 1.165) is 0 Å². The van der Waals surface area contributed by atoms with Crippen molar-refractivity contribution in [3.05, 3.63) is 33.7 Å². The van der Waals surface area contributed by atoms with Crippen molar-refractivity contribution >= 4 is 11.9 Å². The number of aliphatic carboxylic acids is 1. The quantitative estimate of drug-likeness (QED) is 0.819. The van der Waals surface area contributed by atoms with Crippen molar-refractivity contribution in [2.45, 2.75) is 19.8 Å². The third kappa shape index (κ3) is 2.83. The summed E-state index contributed by atoms with van der Waals surface area (Å²) in [5, 5.41) is 8.99. The van der Waals surface area contributed by atoms with Gasteiger partial charge in [-0.3, -0.25) is 14.4 Å². The minimum Gasteiger partial charge on any atom is -0.481 e. The second kappa shape index (κ2) is 5.26. The highest BCUT2D eigenvalue weighted by molar-refractivity contribution is 5.94. The van der Waals surface area contributed by atoms with Crippen LogP contribution in [-0.2, 0) is 4.79 Å². The largest absolute Gasteiger partial charge is 0.481 e. The zero-order valence-corrected chi connectivity index (χ0v) is 10.7. The van der Waals surface area contributed by atoms with E-state index in [9.17, 15) is 14.4 Å². The number of amides is 1. The molecule has 102 valence electrons. The van der Waals surface area contributed by atoms with Gasteiger partial charge in [-0.25, -0.2) is 0 Å². The minimum atomic E-state index is -0.893. The van der Waals surface area contributed by atoms with Gasteiger partial charge in [-0.05, 0) is 19.8 Å². The Morgan fingerprint density at radius 3 is 2.84 bits per heavy atom. The number of hydrogen-bond donors (Lipinski definition) is 2. The number of carboxylic acids is 1. The summed E-state index contributed by atoms with van der Waals surface area (Å²) < 4.78 is 0. The third-order valence-corrected chi connectivity index (χ3v) is 3.35. The molecule has 1 aromatic rings. The number of H-pyrrole nitrogens is 1. The Morgan fingerprint density at radius 2 is 2.21 bits per heavy atom. The van der Waals surface area contributed by atoms with Crippen molar-refractivity contribution in [2.75, 3.05) is 13.1 Å². The summed E-state index contributed by atoms with van der Waals surface area (Å²) in [5.41, 5.74) is 0.416. The molecule has 1 amide bonds. The molecule has 2 heterocycles. The van der Waals surface area contributed by atoms with Crippen LogP contribution in [-0.4, -0.2) is 40.0 Å². The van der Waals surface area contributed by atoms with Gasteiger partial charge in [-0.15, -0.1) is 0 Å². The Labute approximate surface area is 110 Å². The molecule has 1 saturated heterocycles. The molecule has 0 aromatic carbocycles. The molecule has 0 radical (unpaired) electrons. The summed E-state index contributed by atoms with van der Waals surface area (Å²) in [6, 6.07) is 1.37. The molecule has 1 aliphatic heterocycles. The van der Waals surface area contributed by atoms with Crippen LogP contribution in [0.4, 0.5) is 0 Å². The van der Waals surface area contributed by atoms with E-state index in [-0.39, 0.29) is 17.5 Å². The van der Waals surface area contributed by atoms with Crippen molar-refractivity contribution < 1.29 is 14.7 Å². The predicted octanol–water partition coefficient (Wildman–Crippen LogP) is 0.620. The van der Waals surface area contributed by atoms with Gasteiger partial charge in [0.15, 0.2) is 5.43 Å². The van der Waals surface area contributed by atoms with Gasteiger partial charge in [0, 0.05) is 31.0 Å².